The Morgan fingerprint density at radius 2 is 1.92 bits per heavy atom. The number of anilines is 2. The number of benzene rings is 2. The van der Waals surface area contributed by atoms with Gasteiger partial charge in [0.05, 0.1) is 6.20 Å². The van der Waals surface area contributed by atoms with Crippen molar-refractivity contribution in [1.82, 2.24) is 14.4 Å². The van der Waals surface area contributed by atoms with Gasteiger partial charge in [0.2, 0.25) is 0 Å². The third kappa shape index (κ3) is 2.94. The van der Waals surface area contributed by atoms with Crippen LogP contribution in [0.3, 0.4) is 0 Å². The molecule has 0 aliphatic rings. The number of imidazole rings is 1. The summed E-state index contributed by atoms with van der Waals surface area (Å²) in [7, 11) is 0. The fourth-order valence-electron chi connectivity index (χ4n) is 2.58. The third-order valence-corrected chi connectivity index (χ3v) is 4.24. The van der Waals surface area contributed by atoms with Gasteiger partial charge in [-0.1, -0.05) is 15.9 Å². The number of halogens is 2. The molecule has 5 nitrogen and oxygen atoms in total. The monoisotopic (exact) mass is 398 g/mol. The highest BCUT2D eigenvalue weighted by Crippen LogP contribution is 2.37. The van der Waals surface area contributed by atoms with Gasteiger partial charge < -0.3 is 10.4 Å². The van der Waals surface area contributed by atoms with E-state index in [-0.39, 0.29) is 11.6 Å². The van der Waals surface area contributed by atoms with Crippen molar-refractivity contribution < 1.29 is 9.50 Å². The Morgan fingerprint density at radius 1 is 1.12 bits per heavy atom. The molecule has 2 heterocycles. The summed E-state index contributed by atoms with van der Waals surface area (Å²) in [6.45, 7) is 0. The second-order valence-electron chi connectivity index (χ2n) is 5.41. The van der Waals surface area contributed by atoms with Gasteiger partial charge in [-0.25, -0.2) is 9.37 Å². The Hall–Kier alpha value is -2.93. The number of fused-ring (bicyclic) bond motifs is 1. The van der Waals surface area contributed by atoms with E-state index >= 15 is 0 Å². The zero-order chi connectivity index (χ0) is 17.4. The number of aromatic hydroxyl groups is 1. The molecule has 0 aliphatic carbocycles. The summed E-state index contributed by atoms with van der Waals surface area (Å²) in [4.78, 5) is 8.67. The number of rotatable bonds is 3. The molecule has 0 radical (unpaired) electrons. The fourth-order valence-corrected chi connectivity index (χ4v) is 2.94. The van der Waals surface area contributed by atoms with Gasteiger partial charge in [0, 0.05) is 28.1 Å². The van der Waals surface area contributed by atoms with Gasteiger partial charge in [-0.15, -0.1) is 0 Å². The molecule has 0 fully saturated rings. The van der Waals surface area contributed by atoms with Crippen LogP contribution in [0.4, 0.5) is 15.9 Å². The molecular weight excluding hydrogens is 387 g/mol. The molecule has 0 aliphatic heterocycles. The molecule has 0 saturated heterocycles. The van der Waals surface area contributed by atoms with Crippen molar-refractivity contribution in [2.24, 2.45) is 0 Å². The molecule has 0 bridgehead atoms. The van der Waals surface area contributed by atoms with Crippen LogP contribution in [-0.4, -0.2) is 19.5 Å². The summed E-state index contributed by atoms with van der Waals surface area (Å²) < 4.78 is 15.8. The van der Waals surface area contributed by atoms with Crippen LogP contribution >= 0.6 is 15.9 Å². The van der Waals surface area contributed by atoms with Crippen LogP contribution < -0.4 is 5.32 Å². The Labute approximate surface area is 150 Å². The Kier molecular flexibility index (Phi) is 3.85. The zero-order valence-electron chi connectivity index (χ0n) is 12.8. The molecule has 4 rings (SSSR count). The third-order valence-electron chi connectivity index (χ3n) is 3.75. The molecule has 0 amide bonds. The molecule has 0 spiro atoms. The summed E-state index contributed by atoms with van der Waals surface area (Å²) in [5, 5.41) is 13.5. The van der Waals surface area contributed by atoms with Crippen molar-refractivity contribution >= 4 is 33.1 Å². The van der Waals surface area contributed by atoms with Crippen molar-refractivity contribution in [2.45, 2.75) is 0 Å². The molecule has 2 aromatic heterocycles. The van der Waals surface area contributed by atoms with E-state index in [2.05, 4.69) is 31.2 Å². The largest absolute Gasteiger partial charge is 0.507 e. The summed E-state index contributed by atoms with van der Waals surface area (Å²) >= 11 is 3.42. The molecular formula is C18H12BrFN4O. The molecule has 7 heteroatoms. The first-order valence-electron chi connectivity index (χ1n) is 7.45. The summed E-state index contributed by atoms with van der Waals surface area (Å²) in [5.74, 6) is 0.455. The molecule has 0 unspecified atom stereocenters. The number of nitrogens with one attached hydrogen (secondary N) is 1. The van der Waals surface area contributed by atoms with Gasteiger partial charge in [-0.2, -0.15) is 0 Å². The van der Waals surface area contributed by atoms with Crippen LogP contribution in [0.1, 0.15) is 0 Å². The van der Waals surface area contributed by atoms with Crippen molar-refractivity contribution in [3.63, 3.8) is 0 Å². The van der Waals surface area contributed by atoms with E-state index in [0.29, 0.717) is 28.4 Å². The van der Waals surface area contributed by atoms with E-state index in [9.17, 15) is 9.50 Å². The molecule has 25 heavy (non-hydrogen) atoms. The van der Waals surface area contributed by atoms with E-state index in [1.807, 2.05) is 4.40 Å². The maximum Gasteiger partial charge on any atom is 0.157 e. The molecule has 0 saturated carbocycles. The fraction of sp³-hybridized carbons (Fsp3) is 0. The number of aromatic nitrogens is 3. The number of phenolic OH excluding ortho intramolecular Hbond substituents is 1. The first-order chi connectivity index (χ1) is 12.1. The maximum absolute atomic E-state index is 13.2. The minimum atomic E-state index is -0.308. The van der Waals surface area contributed by atoms with Gasteiger partial charge in [0.25, 0.3) is 0 Å². The number of hydrogen-bond acceptors (Lipinski definition) is 4. The van der Waals surface area contributed by atoms with Gasteiger partial charge >= 0.3 is 0 Å². The van der Waals surface area contributed by atoms with E-state index in [0.717, 1.165) is 4.47 Å². The predicted octanol–water partition coefficient (Wildman–Crippen LogP) is 4.75. The summed E-state index contributed by atoms with van der Waals surface area (Å²) in [6, 6.07) is 11.2. The minimum absolute atomic E-state index is 0.113. The van der Waals surface area contributed by atoms with Crippen LogP contribution in [0.5, 0.6) is 5.75 Å². The standard InChI is InChI=1S/C18H12BrFN4O/c19-11-1-6-15(25)14(9-11)17-18(22-13-4-2-12(20)3-5-13)24-8-7-21-10-16(24)23-17/h1-10,22,25H. The lowest BCUT2D eigenvalue weighted by molar-refractivity contribution is 0.477. The topological polar surface area (TPSA) is 62.5 Å². The maximum atomic E-state index is 13.2. The van der Waals surface area contributed by atoms with E-state index in [1.165, 1.54) is 12.1 Å². The molecule has 0 atom stereocenters. The van der Waals surface area contributed by atoms with Crippen molar-refractivity contribution in [1.29, 1.82) is 0 Å². The van der Waals surface area contributed by atoms with Gasteiger partial charge in [-0.3, -0.25) is 9.38 Å². The number of nitrogens with zero attached hydrogens (tertiary/aromatic N) is 3. The highest BCUT2D eigenvalue weighted by Gasteiger charge is 2.17. The number of phenols is 1. The lowest BCUT2D eigenvalue weighted by atomic mass is 10.1. The Balaban J connectivity index is 1.92. The lowest BCUT2D eigenvalue weighted by Gasteiger charge is -2.10. The second kappa shape index (κ2) is 6.18. The van der Waals surface area contributed by atoms with Gasteiger partial charge in [0.1, 0.15) is 23.1 Å². The van der Waals surface area contributed by atoms with Crippen LogP contribution in [-0.2, 0) is 0 Å². The molecule has 124 valence electrons. The average molecular weight is 399 g/mol. The van der Waals surface area contributed by atoms with E-state index < -0.39 is 0 Å². The van der Waals surface area contributed by atoms with Crippen molar-refractivity contribution in [2.75, 3.05) is 5.32 Å². The molecule has 2 N–H and O–H groups in total. The summed E-state index contributed by atoms with van der Waals surface area (Å²) in [6.07, 6.45) is 5.05. The van der Waals surface area contributed by atoms with E-state index in [4.69, 9.17) is 0 Å². The highest BCUT2D eigenvalue weighted by atomic mass is 79.9. The first kappa shape index (κ1) is 15.6. The van der Waals surface area contributed by atoms with Gasteiger partial charge in [-0.05, 0) is 42.5 Å². The quantitative estimate of drug-likeness (QED) is 0.522. The van der Waals surface area contributed by atoms with Crippen LogP contribution in [0.2, 0.25) is 0 Å². The lowest BCUT2D eigenvalue weighted by Crippen LogP contribution is -1.97. The second-order valence-corrected chi connectivity index (χ2v) is 6.32. The molecule has 2 aromatic carbocycles. The van der Waals surface area contributed by atoms with Crippen LogP contribution in [0.15, 0.2) is 65.5 Å². The van der Waals surface area contributed by atoms with E-state index in [1.54, 1.807) is 48.9 Å². The SMILES string of the molecule is Oc1ccc(Br)cc1-c1nc2cnccn2c1Nc1ccc(F)cc1. The Morgan fingerprint density at radius 3 is 2.72 bits per heavy atom. The highest BCUT2D eigenvalue weighted by molar-refractivity contribution is 9.10. The zero-order valence-corrected chi connectivity index (χ0v) is 14.4. The summed E-state index contributed by atoms with van der Waals surface area (Å²) in [5.41, 5.74) is 2.47. The predicted molar refractivity (Wildman–Crippen MR) is 97.5 cm³/mol. The van der Waals surface area contributed by atoms with Crippen LogP contribution in [0, 0.1) is 5.82 Å². The van der Waals surface area contributed by atoms with Crippen molar-refractivity contribution in [3.8, 4) is 17.0 Å². The van der Waals surface area contributed by atoms with Crippen molar-refractivity contribution in [3.05, 3.63) is 71.3 Å². The average Bonchev–Trinajstić information content (AvgIpc) is 2.97. The number of hydrogen-bond donors (Lipinski definition) is 2. The van der Waals surface area contributed by atoms with Crippen LogP contribution in [0.25, 0.3) is 16.9 Å². The first-order valence-corrected chi connectivity index (χ1v) is 8.25. The molecule has 4 aromatic rings. The van der Waals surface area contributed by atoms with Gasteiger partial charge in [0.15, 0.2) is 5.65 Å². The Bertz CT molecular complexity index is 1060. The normalized spacial score (nSPS) is 11.0. The minimum Gasteiger partial charge on any atom is -0.507 e. The smallest absolute Gasteiger partial charge is 0.157 e.